The van der Waals surface area contributed by atoms with Gasteiger partial charge in [0.15, 0.2) is 0 Å². The lowest BCUT2D eigenvalue weighted by atomic mass is 10.2. The Morgan fingerprint density at radius 3 is 2.60 bits per heavy atom. The average Bonchev–Trinajstić information content (AvgIpc) is 2.88. The molecule has 0 aliphatic carbocycles. The van der Waals surface area contributed by atoms with Crippen molar-refractivity contribution in [3.63, 3.8) is 0 Å². The van der Waals surface area contributed by atoms with Crippen LogP contribution in [0.4, 0.5) is 5.69 Å². The van der Waals surface area contributed by atoms with Gasteiger partial charge in [-0.1, -0.05) is 0 Å². The topological polar surface area (TPSA) is 89.8 Å². The summed E-state index contributed by atoms with van der Waals surface area (Å²) in [5, 5.41) is 10.6. The maximum absolute atomic E-state index is 12.5. The molecule has 8 heteroatoms. The van der Waals surface area contributed by atoms with E-state index in [2.05, 4.69) is 0 Å². The Bertz CT molecular complexity index is 584. The third-order valence-corrected chi connectivity index (χ3v) is 5.30. The summed E-state index contributed by atoms with van der Waals surface area (Å²) >= 11 is 0. The van der Waals surface area contributed by atoms with Crippen molar-refractivity contribution in [2.24, 2.45) is 0 Å². The molecule has 1 saturated heterocycles. The SMILES string of the molecule is COCC1CCCN1S(=O)(=O)c1ccc([N+](=O)[O-])cc1. The van der Waals surface area contributed by atoms with Crippen LogP contribution in [0.25, 0.3) is 0 Å². The molecule has 110 valence electrons. The molecule has 0 N–H and O–H groups in total. The van der Waals surface area contributed by atoms with E-state index in [-0.39, 0.29) is 16.6 Å². The Balaban J connectivity index is 2.27. The van der Waals surface area contributed by atoms with Crippen LogP contribution < -0.4 is 0 Å². The van der Waals surface area contributed by atoms with Crippen LogP contribution in [0.5, 0.6) is 0 Å². The predicted molar refractivity (Wildman–Crippen MR) is 71.9 cm³/mol. The lowest BCUT2D eigenvalue weighted by Gasteiger charge is -2.23. The Hall–Kier alpha value is -1.51. The van der Waals surface area contributed by atoms with Gasteiger partial charge >= 0.3 is 0 Å². The molecule has 7 nitrogen and oxygen atoms in total. The number of benzene rings is 1. The van der Waals surface area contributed by atoms with Crippen LogP contribution in [0.15, 0.2) is 29.2 Å². The fourth-order valence-corrected chi connectivity index (χ4v) is 4.04. The summed E-state index contributed by atoms with van der Waals surface area (Å²) in [6.45, 7) is 0.805. The lowest BCUT2D eigenvalue weighted by Crippen LogP contribution is -2.38. The molecule has 0 aromatic heterocycles. The van der Waals surface area contributed by atoms with Gasteiger partial charge in [0.25, 0.3) is 5.69 Å². The van der Waals surface area contributed by atoms with Gasteiger partial charge in [-0.2, -0.15) is 4.31 Å². The van der Waals surface area contributed by atoms with E-state index in [1.54, 1.807) is 0 Å². The van der Waals surface area contributed by atoms with E-state index in [4.69, 9.17) is 4.74 Å². The zero-order chi connectivity index (χ0) is 14.8. The molecule has 1 aromatic rings. The van der Waals surface area contributed by atoms with Gasteiger partial charge in [0, 0.05) is 31.8 Å². The van der Waals surface area contributed by atoms with E-state index in [9.17, 15) is 18.5 Å². The van der Waals surface area contributed by atoms with Crippen LogP contribution >= 0.6 is 0 Å². The minimum atomic E-state index is -3.62. The number of nitrogens with zero attached hydrogens (tertiary/aromatic N) is 2. The van der Waals surface area contributed by atoms with Gasteiger partial charge < -0.3 is 4.74 Å². The maximum Gasteiger partial charge on any atom is 0.269 e. The second-order valence-corrected chi connectivity index (χ2v) is 6.51. The Morgan fingerprint density at radius 1 is 1.40 bits per heavy atom. The predicted octanol–water partition coefficient (Wildman–Crippen LogP) is 1.39. The molecule has 1 aliphatic rings. The minimum absolute atomic E-state index is 0.0751. The minimum Gasteiger partial charge on any atom is -0.383 e. The highest BCUT2D eigenvalue weighted by atomic mass is 32.2. The van der Waals surface area contributed by atoms with Crippen molar-refractivity contribution < 1.29 is 18.1 Å². The molecule has 0 spiro atoms. The quantitative estimate of drug-likeness (QED) is 0.605. The first-order valence-electron chi connectivity index (χ1n) is 6.22. The fourth-order valence-electron chi connectivity index (χ4n) is 2.36. The van der Waals surface area contributed by atoms with Crippen LogP contribution in [-0.4, -0.2) is 43.9 Å². The number of hydrogen-bond acceptors (Lipinski definition) is 5. The van der Waals surface area contributed by atoms with Crippen LogP contribution in [0.2, 0.25) is 0 Å². The van der Waals surface area contributed by atoms with Gasteiger partial charge in [0.05, 0.1) is 16.4 Å². The third-order valence-electron chi connectivity index (χ3n) is 3.34. The standard InChI is InChI=1S/C12H16N2O5S/c1-19-9-11-3-2-8-13(11)20(17,18)12-6-4-10(5-7-12)14(15)16/h4-7,11H,2-3,8-9H2,1H3. The van der Waals surface area contributed by atoms with E-state index < -0.39 is 14.9 Å². The zero-order valence-corrected chi connectivity index (χ0v) is 11.9. The fraction of sp³-hybridized carbons (Fsp3) is 0.500. The van der Waals surface area contributed by atoms with Gasteiger partial charge in [-0.25, -0.2) is 8.42 Å². The first-order chi connectivity index (χ1) is 9.46. The maximum atomic E-state index is 12.5. The molecule has 1 fully saturated rings. The Labute approximate surface area is 117 Å². The number of sulfonamides is 1. The summed E-state index contributed by atoms with van der Waals surface area (Å²) in [7, 11) is -2.09. The summed E-state index contributed by atoms with van der Waals surface area (Å²) in [6.07, 6.45) is 1.56. The van der Waals surface area contributed by atoms with Crippen molar-refractivity contribution in [2.45, 2.75) is 23.8 Å². The number of hydrogen-bond donors (Lipinski definition) is 0. The van der Waals surface area contributed by atoms with Crippen molar-refractivity contribution in [1.29, 1.82) is 0 Å². The number of methoxy groups -OCH3 is 1. The zero-order valence-electron chi connectivity index (χ0n) is 11.1. The van der Waals surface area contributed by atoms with Crippen LogP contribution in [0.1, 0.15) is 12.8 Å². The summed E-state index contributed by atoms with van der Waals surface area (Å²) in [4.78, 5) is 10.1. The van der Waals surface area contributed by atoms with Gasteiger partial charge in [0.2, 0.25) is 10.0 Å². The molecule has 0 bridgehead atoms. The molecule has 0 saturated carbocycles. The Kier molecular flexibility index (Phi) is 4.36. The average molecular weight is 300 g/mol. The highest BCUT2D eigenvalue weighted by molar-refractivity contribution is 7.89. The third kappa shape index (κ3) is 2.82. The van der Waals surface area contributed by atoms with E-state index in [1.807, 2.05) is 0 Å². The van der Waals surface area contributed by atoms with Crippen molar-refractivity contribution in [1.82, 2.24) is 4.31 Å². The number of non-ortho nitro benzene ring substituents is 1. The van der Waals surface area contributed by atoms with Crippen LogP contribution in [0, 0.1) is 10.1 Å². The molecule has 1 heterocycles. The summed E-state index contributed by atoms with van der Waals surface area (Å²) in [6, 6.07) is 4.79. The van der Waals surface area contributed by atoms with Crippen molar-refractivity contribution in [2.75, 3.05) is 20.3 Å². The van der Waals surface area contributed by atoms with Gasteiger partial charge in [0.1, 0.15) is 0 Å². The first-order valence-corrected chi connectivity index (χ1v) is 7.66. The molecule has 20 heavy (non-hydrogen) atoms. The summed E-state index contributed by atoms with van der Waals surface area (Å²) < 4.78 is 31.5. The van der Waals surface area contributed by atoms with E-state index in [1.165, 1.54) is 35.7 Å². The Morgan fingerprint density at radius 2 is 2.05 bits per heavy atom. The summed E-state index contributed by atoms with van der Waals surface area (Å²) in [5.74, 6) is 0. The normalized spacial score (nSPS) is 20.1. The molecular formula is C12H16N2O5S. The molecule has 0 amide bonds. The molecule has 1 atom stereocenters. The monoisotopic (exact) mass is 300 g/mol. The van der Waals surface area contributed by atoms with Gasteiger partial charge in [-0.05, 0) is 25.0 Å². The van der Waals surface area contributed by atoms with Crippen molar-refractivity contribution in [3.05, 3.63) is 34.4 Å². The van der Waals surface area contributed by atoms with Crippen molar-refractivity contribution in [3.8, 4) is 0 Å². The highest BCUT2D eigenvalue weighted by Gasteiger charge is 2.35. The first kappa shape index (κ1) is 14.9. The van der Waals surface area contributed by atoms with Crippen LogP contribution in [-0.2, 0) is 14.8 Å². The number of rotatable bonds is 5. The van der Waals surface area contributed by atoms with Crippen molar-refractivity contribution >= 4 is 15.7 Å². The largest absolute Gasteiger partial charge is 0.383 e. The lowest BCUT2D eigenvalue weighted by molar-refractivity contribution is -0.384. The van der Waals surface area contributed by atoms with E-state index in [0.29, 0.717) is 13.2 Å². The van der Waals surface area contributed by atoms with Crippen LogP contribution in [0.3, 0.4) is 0 Å². The van der Waals surface area contributed by atoms with E-state index >= 15 is 0 Å². The molecule has 1 aromatic carbocycles. The van der Waals surface area contributed by atoms with Gasteiger partial charge in [-0.3, -0.25) is 10.1 Å². The second kappa shape index (κ2) is 5.86. The molecular weight excluding hydrogens is 284 g/mol. The molecule has 1 aliphatic heterocycles. The molecule has 0 radical (unpaired) electrons. The highest BCUT2D eigenvalue weighted by Crippen LogP contribution is 2.27. The smallest absolute Gasteiger partial charge is 0.269 e. The second-order valence-electron chi connectivity index (χ2n) is 4.62. The number of nitro benzene ring substituents is 1. The summed E-state index contributed by atoms with van der Waals surface area (Å²) in [5.41, 5.74) is -0.126. The number of nitro groups is 1. The van der Waals surface area contributed by atoms with E-state index in [0.717, 1.165) is 12.8 Å². The van der Waals surface area contributed by atoms with Gasteiger partial charge in [-0.15, -0.1) is 0 Å². The molecule has 2 rings (SSSR count). The number of ether oxygens (including phenoxy) is 1. The molecule has 1 unspecified atom stereocenters.